The van der Waals surface area contributed by atoms with Gasteiger partial charge >= 0.3 is 0 Å². The van der Waals surface area contributed by atoms with Crippen LogP contribution in [0.4, 0.5) is 0 Å². The summed E-state index contributed by atoms with van der Waals surface area (Å²) in [4.78, 5) is 4.12. The van der Waals surface area contributed by atoms with Gasteiger partial charge in [0.25, 0.3) is 0 Å². The highest BCUT2D eigenvalue weighted by Gasteiger charge is 2.11. The molecule has 12 heavy (non-hydrogen) atoms. The number of aromatic nitrogens is 1. The van der Waals surface area contributed by atoms with Crippen LogP contribution in [0.25, 0.3) is 0 Å². The molecule has 0 saturated heterocycles. The van der Waals surface area contributed by atoms with Crippen LogP contribution in [0.3, 0.4) is 0 Å². The highest BCUT2D eigenvalue weighted by Crippen LogP contribution is 2.34. The number of hydrogen-bond donors (Lipinski definition) is 0. The van der Waals surface area contributed by atoms with Crippen LogP contribution < -0.4 is 0 Å². The van der Waals surface area contributed by atoms with Crippen molar-refractivity contribution in [2.75, 3.05) is 5.75 Å². The fraction of sp³-hybridized carbons (Fsp3) is 0.300. The molecule has 1 aromatic heterocycles. The molecular weight excluding hydrogens is 166 g/mol. The fourth-order valence-corrected chi connectivity index (χ4v) is 2.38. The highest BCUT2D eigenvalue weighted by atomic mass is 32.2. The van der Waals surface area contributed by atoms with Gasteiger partial charge in [0, 0.05) is 23.4 Å². The monoisotopic (exact) mass is 177 g/mol. The molecule has 2 rings (SSSR count). The summed E-state index contributed by atoms with van der Waals surface area (Å²) in [5.74, 6) is 1.14. The number of hydrogen-bond acceptors (Lipinski definition) is 2. The average Bonchev–Trinajstić information content (AvgIpc) is 2.21. The van der Waals surface area contributed by atoms with Crippen molar-refractivity contribution in [1.29, 1.82) is 0 Å². The zero-order chi connectivity index (χ0) is 8.23. The Bertz CT molecular complexity index is 268. The first-order valence-electron chi connectivity index (χ1n) is 4.13. The Morgan fingerprint density at radius 2 is 2.42 bits per heavy atom. The fourth-order valence-electron chi connectivity index (χ4n) is 1.33. The van der Waals surface area contributed by atoms with Gasteiger partial charge < -0.3 is 0 Å². The Morgan fingerprint density at radius 3 is 3.08 bits per heavy atom. The van der Waals surface area contributed by atoms with Crippen molar-refractivity contribution < 1.29 is 0 Å². The topological polar surface area (TPSA) is 12.9 Å². The predicted molar refractivity (Wildman–Crippen MR) is 53.2 cm³/mol. The van der Waals surface area contributed by atoms with Crippen LogP contribution >= 0.6 is 11.8 Å². The van der Waals surface area contributed by atoms with Gasteiger partial charge in [-0.2, -0.15) is 0 Å². The summed E-state index contributed by atoms with van der Waals surface area (Å²) in [6, 6.07) is 4.16. The van der Waals surface area contributed by atoms with E-state index in [0.717, 1.165) is 12.2 Å². The molecule has 0 N–H and O–H groups in total. The Labute approximate surface area is 76.9 Å². The number of pyridine rings is 1. The third-order valence-electron chi connectivity index (χ3n) is 1.97. The van der Waals surface area contributed by atoms with Crippen molar-refractivity contribution in [1.82, 2.24) is 4.98 Å². The summed E-state index contributed by atoms with van der Waals surface area (Å²) >= 11 is 1.99. The Kier molecular flexibility index (Phi) is 2.47. The van der Waals surface area contributed by atoms with Crippen LogP contribution in [-0.2, 0) is 0 Å². The van der Waals surface area contributed by atoms with E-state index < -0.39 is 0 Å². The van der Waals surface area contributed by atoms with Gasteiger partial charge in [0.2, 0.25) is 0 Å². The molecule has 1 atom stereocenters. The van der Waals surface area contributed by atoms with Gasteiger partial charge in [-0.1, -0.05) is 18.2 Å². The predicted octanol–water partition coefficient (Wildman–Crippen LogP) is 2.82. The third-order valence-corrected chi connectivity index (χ3v) is 3.22. The molecule has 0 bridgehead atoms. The van der Waals surface area contributed by atoms with Gasteiger partial charge in [0.1, 0.15) is 0 Å². The quantitative estimate of drug-likeness (QED) is 0.612. The zero-order valence-electron chi connectivity index (χ0n) is 6.81. The molecule has 1 aromatic rings. The average molecular weight is 177 g/mol. The maximum absolute atomic E-state index is 4.12. The van der Waals surface area contributed by atoms with E-state index in [1.54, 1.807) is 0 Å². The van der Waals surface area contributed by atoms with Crippen LogP contribution in [-0.4, -0.2) is 10.7 Å². The largest absolute Gasteiger partial charge is 0.264 e. The maximum atomic E-state index is 4.12. The summed E-state index contributed by atoms with van der Waals surface area (Å²) in [7, 11) is 0. The summed E-state index contributed by atoms with van der Waals surface area (Å²) in [6.45, 7) is 0. The van der Waals surface area contributed by atoms with Gasteiger partial charge in [-0.25, -0.2) is 0 Å². The summed E-state index contributed by atoms with van der Waals surface area (Å²) in [5, 5.41) is 0.628. The molecule has 0 amide bonds. The molecule has 0 saturated carbocycles. The van der Waals surface area contributed by atoms with Crippen molar-refractivity contribution in [3.05, 3.63) is 42.2 Å². The van der Waals surface area contributed by atoms with Gasteiger partial charge in [0.15, 0.2) is 0 Å². The Hall–Kier alpha value is -0.760. The summed E-state index contributed by atoms with van der Waals surface area (Å²) in [5.41, 5.74) is 1.35. The molecule has 62 valence electrons. The van der Waals surface area contributed by atoms with E-state index in [2.05, 4.69) is 23.2 Å². The lowest BCUT2D eigenvalue weighted by molar-refractivity contribution is 0.947. The maximum Gasteiger partial charge on any atom is 0.0350 e. The minimum atomic E-state index is 0.628. The van der Waals surface area contributed by atoms with E-state index >= 15 is 0 Å². The van der Waals surface area contributed by atoms with Crippen molar-refractivity contribution >= 4 is 11.8 Å². The smallest absolute Gasteiger partial charge is 0.0350 e. The summed E-state index contributed by atoms with van der Waals surface area (Å²) < 4.78 is 0. The van der Waals surface area contributed by atoms with Crippen molar-refractivity contribution in [3.63, 3.8) is 0 Å². The van der Waals surface area contributed by atoms with Crippen LogP contribution in [0.15, 0.2) is 36.7 Å². The van der Waals surface area contributed by atoms with E-state index in [0.29, 0.717) is 5.25 Å². The molecule has 1 unspecified atom stereocenters. The molecule has 1 nitrogen and oxygen atoms in total. The second kappa shape index (κ2) is 3.76. The normalized spacial score (nSPS) is 22.5. The van der Waals surface area contributed by atoms with E-state index in [1.165, 1.54) is 5.56 Å². The van der Waals surface area contributed by atoms with Crippen LogP contribution in [0.1, 0.15) is 17.2 Å². The minimum Gasteiger partial charge on any atom is -0.264 e. The third kappa shape index (κ3) is 1.69. The number of rotatable bonds is 1. The first kappa shape index (κ1) is 7.87. The Morgan fingerprint density at radius 1 is 1.42 bits per heavy atom. The minimum absolute atomic E-state index is 0.628. The number of nitrogens with zero attached hydrogens (tertiary/aromatic N) is 1. The standard InChI is InChI=1S/C10H11NS/c1-2-7-12-10(5-1)9-4-3-6-11-8-9/h1-4,6,8,10H,5,7H2. The van der Waals surface area contributed by atoms with Gasteiger partial charge in [-0.05, 0) is 18.1 Å². The number of thioether (sulfide) groups is 1. The molecule has 2 heterocycles. The van der Waals surface area contributed by atoms with Crippen LogP contribution in [0, 0.1) is 0 Å². The van der Waals surface area contributed by atoms with Gasteiger partial charge in [-0.3, -0.25) is 4.98 Å². The summed E-state index contributed by atoms with van der Waals surface area (Å²) in [6.07, 6.45) is 9.44. The van der Waals surface area contributed by atoms with E-state index in [4.69, 9.17) is 0 Å². The van der Waals surface area contributed by atoms with Gasteiger partial charge in [-0.15, -0.1) is 11.8 Å². The van der Waals surface area contributed by atoms with Gasteiger partial charge in [0.05, 0.1) is 0 Å². The molecule has 0 radical (unpaired) electrons. The second-order valence-corrected chi connectivity index (χ2v) is 4.05. The lowest BCUT2D eigenvalue weighted by atomic mass is 10.1. The lowest BCUT2D eigenvalue weighted by Gasteiger charge is -2.16. The first-order valence-corrected chi connectivity index (χ1v) is 5.18. The Balaban J connectivity index is 2.15. The first-order chi connectivity index (χ1) is 5.97. The SMILES string of the molecule is C1=CCC(c2cccnc2)SC1. The van der Waals surface area contributed by atoms with Crippen molar-refractivity contribution in [3.8, 4) is 0 Å². The van der Waals surface area contributed by atoms with E-state index in [-0.39, 0.29) is 0 Å². The van der Waals surface area contributed by atoms with Crippen LogP contribution in [0.5, 0.6) is 0 Å². The molecule has 1 aliphatic rings. The van der Waals surface area contributed by atoms with E-state index in [1.807, 2.05) is 30.2 Å². The molecule has 0 aliphatic carbocycles. The lowest BCUT2D eigenvalue weighted by Crippen LogP contribution is -1.97. The zero-order valence-corrected chi connectivity index (χ0v) is 7.63. The molecule has 1 aliphatic heterocycles. The van der Waals surface area contributed by atoms with Crippen LogP contribution in [0.2, 0.25) is 0 Å². The number of allylic oxidation sites excluding steroid dienone is 1. The van der Waals surface area contributed by atoms with Crippen molar-refractivity contribution in [2.45, 2.75) is 11.7 Å². The molecule has 0 aromatic carbocycles. The molecular formula is C10H11NS. The molecule has 0 spiro atoms. The molecule has 2 heteroatoms. The molecule has 0 fully saturated rings. The van der Waals surface area contributed by atoms with E-state index in [9.17, 15) is 0 Å². The van der Waals surface area contributed by atoms with Crippen molar-refractivity contribution in [2.24, 2.45) is 0 Å². The highest BCUT2D eigenvalue weighted by molar-refractivity contribution is 7.99. The second-order valence-electron chi connectivity index (χ2n) is 2.82.